The summed E-state index contributed by atoms with van der Waals surface area (Å²) in [6.07, 6.45) is 0. The van der Waals surface area contributed by atoms with Gasteiger partial charge >= 0.3 is 5.97 Å². The molecule has 0 unspecified atom stereocenters. The molecule has 5 heteroatoms. The minimum Gasteiger partial charge on any atom is -0.477 e. The first-order valence-corrected chi connectivity index (χ1v) is 4.45. The van der Waals surface area contributed by atoms with Crippen LogP contribution >= 0.6 is 34.5 Å². The Kier molecular flexibility index (Phi) is 2.76. The third-order valence-corrected chi connectivity index (χ3v) is 2.83. The fourth-order valence-corrected chi connectivity index (χ4v) is 2.08. The van der Waals surface area contributed by atoms with Crippen molar-refractivity contribution in [1.29, 1.82) is 0 Å². The summed E-state index contributed by atoms with van der Waals surface area (Å²) in [6.45, 7) is 0. The summed E-state index contributed by atoms with van der Waals surface area (Å²) < 4.78 is 0.456. The number of hydrogen-bond acceptors (Lipinski definition) is 2. The third-order valence-electron chi connectivity index (χ3n) is 1.11. The van der Waals surface area contributed by atoms with Crippen molar-refractivity contribution in [2.75, 3.05) is 0 Å². The molecule has 0 aliphatic carbocycles. The van der Waals surface area contributed by atoms with Gasteiger partial charge in [0.2, 0.25) is 0 Å². The molecule has 0 amide bonds. The van der Waals surface area contributed by atoms with Gasteiger partial charge in [0.25, 0.3) is 0 Å². The van der Waals surface area contributed by atoms with E-state index in [1.165, 1.54) is 6.07 Å². The van der Waals surface area contributed by atoms with Crippen molar-refractivity contribution >= 4 is 40.5 Å². The van der Waals surface area contributed by atoms with E-state index >= 15 is 0 Å². The molecule has 0 aliphatic heterocycles. The van der Waals surface area contributed by atoms with Gasteiger partial charge < -0.3 is 5.11 Å². The second-order valence-electron chi connectivity index (χ2n) is 1.85. The van der Waals surface area contributed by atoms with Crippen LogP contribution in [0.1, 0.15) is 15.2 Å². The molecular weight excluding hydrogens is 207 g/mol. The van der Waals surface area contributed by atoms with Crippen LogP contribution in [0, 0.1) is 0 Å². The van der Waals surface area contributed by atoms with Gasteiger partial charge in [0, 0.05) is 5.88 Å². The first-order chi connectivity index (χ1) is 5.15. The first kappa shape index (κ1) is 8.84. The lowest BCUT2D eigenvalue weighted by molar-refractivity contribution is 0.0702. The third kappa shape index (κ3) is 1.86. The first-order valence-electron chi connectivity index (χ1n) is 2.72. The molecule has 0 bridgehead atoms. The molecule has 0 spiro atoms. The molecule has 0 aromatic carbocycles. The summed E-state index contributed by atoms with van der Waals surface area (Å²) in [5, 5.41) is 8.53. The highest BCUT2D eigenvalue weighted by atomic mass is 35.5. The van der Waals surface area contributed by atoms with Crippen LogP contribution in [0.2, 0.25) is 4.34 Å². The lowest BCUT2D eigenvalue weighted by Crippen LogP contribution is -1.90. The number of carboxylic acids is 1. The number of carboxylic acid groups (broad SMARTS) is 1. The molecule has 1 rings (SSSR count). The highest BCUT2D eigenvalue weighted by Crippen LogP contribution is 2.28. The molecule has 0 saturated carbocycles. The summed E-state index contributed by atoms with van der Waals surface area (Å²) in [4.78, 5) is 10.6. The fourth-order valence-electron chi connectivity index (χ4n) is 0.603. The van der Waals surface area contributed by atoms with Gasteiger partial charge in [-0.05, 0) is 11.6 Å². The van der Waals surface area contributed by atoms with Crippen molar-refractivity contribution in [1.82, 2.24) is 0 Å². The summed E-state index contributed by atoms with van der Waals surface area (Å²) in [7, 11) is 0. The average Bonchev–Trinajstić information content (AvgIpc) is 2.31. The van der Waals surface area contributed by atoms with Crippen molar-refractivity contribution in [3.63, 3.8) is 0 Å². The number of hydrogen-bond donors (Lipinski definition) is 1. The lowest BCUT2D eigenvalue weighted by Gasteiger charge is -1.83. The fraction of sp³-hybridized carbons (Fsp3) is 0.167. The Morgan fingerprint density at radius 1 is 1.73 bits per heavy atom. The van der Waals surface area contributed by atoms with Crippen LogP contribution in [-0.2, 0) is 5.88 Å². The molecule has 2 nitrogen and oxygen atoms in total. The second kappa shape index (κ2) is 3.43. The van der Waals surface area contributed by atoms with E-state index < -0.39 is 5.97 Å². The maximum Gasteiger partial charge on any atom is 0.345 e. The Bertz CT molecular complexity index is 282. The van der Waals surface area contributed by atoms with Crippen molar-refractivity contribution < 1.29 is 9.90 Å². The smallest absolute Gasteiger partial charge is 0.345 e. The van der Waals surface area contributed by atoms with E-state index in [0.717, 1.165) is 11.3 Å². The van der Waals surface area contributed by atoms with Gasteiger partial charge in [-0.1, -0.05) is 11.6 Å². The zero-order valence-electron chi connectivity index (χ0n) is 5.30. The molecule has 1 aromatic heterocycles. The standard InChI is InChI=1S/C6H4Cl2O2S/c7-2-3-1-4(6(9)10)11-5(3)8/h1H,2H2,(H,9,10). The average molecular weight is 211 g/mol. The normalized spacial score (nSPS) is 10.0. The largest absolute Gasteiger partial charge is 0.477 e. The number of thiophene rings is 1. The molecule has 11 heavy (non-hydrogen) atoms. The van der Waals surface area contributed by atoms with Gasteiger partial charge in [-0.2, -0.15) is 0 Å². The van der Waals surface area contributed by atoms with Gasteiger partial charge in [-0.3, -0.25) is 0 Å². The quantitative estimate of drug-likeness (QED) is 0.763. The van der Waals surface area contributed by atoms with E-state index in [0.29, 0.717) is 9.90 Å². The predicted octanol–water partition coefficient (Wildman–Crippen LogP) is 2.84. The Labute approximate surface area is 77.4 Å². The molecule has 1 aromatic rings. The summed E-state index contributed by atoms with van der Waals surface area (Å²) in [6, 6.07) is 1.49. The van der Waals surface area contributed by atoms with Crippen molar-refractivity contribution in [3.05, 3.63) is 20.8 Å². The van der Waals surface area contributed by atoms with Gasteiger partial charge in [0.15, 0.2) is 0 Å². The molecule has 60 valence electrons. The topological polar surface area (TPSA) is 37.3 Å². The van der Waals surface area contributed by atoms with Crippen LogP contribution in [-0.4, -0.2) is 11.1 Å². The maximum atomic E-state index is 10.4. The van der Waals surface area contributed by atoms with Crippen molar-refractivity contribution in [2.45, 2.75) is 5.88 Å². The van der Waals surface area contributed by atoms with Crippen LogP contribution in [0.25, 0.3) is 0 Å². The van der Waals surface area contributed by atoms with E-state index in [4.69, 9.17) is 28.3 Å². The minimum atomic E-state index is -0.965. The summed E-state index contributed by atoms with van der Waals surface area (Å²) in [5.74, 6) is -0.712. The van der Waals surface area contributed by atoms with E-state index in [9.17, 15) is 4.79 Å². The Morgan fingerprint density at radius 2 is 2.36 bits per heavy atom. The summed E-state index contributed by atoms with van der Waals surface area (Å²) in [5.41, 5.74) is 0.677. The molecule has 0 radical (unpaired) electrons. The second-order valence-corrected chi connectivity index (χ2v) is 3.77. The molecule has 1 N–H and O–H groups in total. The number of halogens is 2. The van der Waals surface area contributed by atoms with Gasteiger partial charge in [-0.15, -0.1) is 22.9 Å². The number of rotatable bonds is 2. The Hall–Kier alpha value is -0.250. The van der Waals surface area contributed by atoms with Gasteiger partial charge in [0.05, 0.1) is 4.34 Å². The van der Waals surface area contributed by atoms with E-state index in [-0.39, 0.29) is 10.8 Å². The van der Waals surface area contributed by atoms with Crippen LogP contribution in [0.5, 0.6) is 0 Å². The zero-order valence-corrected chi connectivity index (χ0v) is 7.63. The molecule has 0 fully saturated rings. The molecule has 0 aliphatic rings. The highest BCUT2D eigenvalue weighted by molar-refractivity contribution is 7.18. The maximum absolute atomic E-state index is 10.4. The van der Waals surface area contributed by atoms with E-state index in [2.05, 4.69) is 0 Å². The van der Waals surface area contributed by atoms with Crippen molar-refractivity contribution in [2.24, 2.45) is 0 Å². The molecule has 0 saturated heterocycles. The van der Waals surface area contributed by atoms with Crippen LogP contribution in [0.3, 0.4) is 0 Å². The monoisotopic (exact) mass is 210 g/mol. The van der Waals surface area contributed by atoms with Gasteiger partial charge in [0.1, 0.15) is 4.88 Å². The number of carbonyl (C=O) groups is 1. The predicted molar refractivity (Wildman–Crippen MR) is 45.8 cm³/mol. The summed E-state index contributed by atoms with van der Waals surface area (Å²) >= 11 is 12.2. The van der Waals surface area contributed by atoms with Crippen LogP contribution in [0.15, 0.2) is 6.07 Å². The van der Waals surface area contributed by atoms with E-state index in [1.54, 1.807) is 0 Å². The minimum absolute atomic E-state index is 0.227. The highest BCUT2D eigenvalue weighted by Gasteiger charge is 2.10. The SMILES string of the molecule is O=C(O)c1cc(CCl)c(Cl)s1. The molecule has 0 atom stereocenters. The van der Waals surface area contributed by atoms with Crippen LogP contribution < -0.4 is 0 Å². The zero-order chi connectivity index (χ0) is 8.43. The Morgan fingerprint density at radius 3 is 2.64 bits per heavy atom. The Balaban J connectivity index is 3.05. The van der Waals surface area contributed by atoms with Crippen molar-refractivity contribution in [3.8, 4) is 0 Å². The van der Waals surface area contributed by atoms with E-state index in [1.807, 2.05) is 0 Å². The lowest BCUT2D eigenvalue weighted by atomic mass is 10.3. The molecular formula is C6H4Cl2O2S. The van der Waals surface area contributed by atoms with Gasteiger partial charge in [-0.25, -0.2) is 4.79 Å². The number of aromatic carboxylic acids is 1. The van der Waals surface area contributed by atoms with Crippen LogP contribution in [0.4, 0.5) is 0 Å². The molecule has 1 heterocycles. The number of alkyl halides is 1.